The van der Waals surface area contributed by atoms with Gasteiger partial charge >= 0.3 is 5.69 Å². The maximum atomic E-state index is 13.1. The Balaban J connectivity index is 1.42. The van der Waals surface area contributed by atoms with Gasteiger partial charge in [0.1, 0.15) is 5.65 Å². The minimum Gasteiger partial charge on any atom is -0.352 e. The van der Waals surface area contributed by atoms with E-state index in [0.717, 1.165) is 37.0 Å². The Kier molecular flexibility index (Phi) is 6.47. The average Bonchev–Trinajstić information content (AvgIpc) is 2.81. The number of carbonyl (C=O) groups is 1. The fraction of sp³-hybridized carbons (Fsp3) is 0.440. The summed E-state index contributed by atoms with van der Waals surface area (Å²) in [6, 6.07) is 10.3. The van der Waals surface area contributed by atoms with E-state index < -0.39 is 11.2 Å². The van der Waals surface area contributed by atoms with E-state index in [9.17, 15) is 14.4 Å². The molecule has 4 rings (SSSR count). The van der Waals surface area contributed by atoms with Gasteiger partial charge in [-0.3, -0.25) is 23.6 Å². The zero-order chi connectivity index (χ0) is 23.7. The largest absolute Gasteiger partial charge is 0.352 e. The second kappa shape index (κ2) is 9.31. The summed E-state index contributed by atoms with van der Waals surface area (Å²) in [7, 11) is 2.97. The topological polar surface area (TPSA) is 89.2 Å². The minimum atomic E-state index is -0.504. The number of hydrogen-bond donors (Lipinski definition) is 1. The smallest absolute Gasteiger partial charge is 0.332 e. The van der Waals surface area contributed by atoms with Crippen LogP contribution in [0.4, 0.5) is 0 Å². The molecule has 174 valence electrons. The highest BCUT2D eigenvalue weighted by Crippen LogP contribution is 2.19. The van der Waals surface area contributed by atoms with Crippen molar-refractivity contribution in [2.75, 3.05) is 19.6 Å². The van der Waals surface area contributed by atoms with E-state index in [1.165, 1.54) is 22.7 Å². The summed E-state index contributed by atoms with van der Waals surface area (Å²) in [5.74, 6) is 0.0907. The molecular formula is C25H31N5O3. The van der Waals surface area contributed by atoms with Crippen molar-refractivity contribution < 1.29 is 4.79 Å². The highest BCUT2D eigenvalue weighted by Gasteiger charge is 2.22. The first-order valence-electron chi connectivity index (χ1n) is 11.4. The van der Waals surface area contributed by atoms with Gasteiger partial charge in [0.15, 0.2) is 0 Å². The predicted molar refractivity (Wildman–Crippen MR) is 128 cm³/mol. The van der Waals surface area contributed by atoms with E-state index in [1.807, 2.05) is 0 Å². The number of carbonyl (C=O) groups excluding carboxylic acids is 1. The first-order valence-corrected chi connectivity index (χ1v) is 11.4. The third-order valence-electron chi connectivity index (χ3n) is 6.57. The number of likely N-dealkylation sites (tertiary alicyclic amines) is 1. The van der Waals surface area contributed by atoms with Crippen molar-refractivity contribution in [1.29, 1.82) is 0 Å². The number of pyridine rings is 1. The van der Waals surface area contributed by atoms with Gasteiger partial charge in [-0.15, -0.1) is 0 Å². The number of nitrogens with one attached hydrogen (secondary N) is 1. The molecule has 8 nitrogen and oxygen atoms in total. The number of benzene rings is 1. The molecule has 0 radical (unpaired) electrons. The molecule has 0 atom stereocenters. The fourth-order valence-electron chi connectivity index (χ4n) is 4.49. The van der Waals surface area contributed by atoms with Crippen LogP contribution in [0.2, 0.25) is 0 Å². The highest BCUT2D eigenvalue weighted by molar-refractivity contribution is 6.05. The molecular weight excluding hydrogens is 418 g/mol. The second-order valence-electron chi connectivity index (χ2n) is 9.13. The molecule has 3 aromatic rings. The van der Waals surface area contributed by atoms with Crippen LogP contribution in [0, 0.1) is 19.8 Å². The van der Waals surface area contributed by atoms with Crippen LogP contribution in [0.5, 0.6) is 0 Å². The van der Waals surface area contributed by atoms with E-state index in [0.29, 0.717) is 18.2 Å². The van der Waals surface area contributed by atoms with E-state index in [1.54, 1.807) is 20.0 Å². The van der Waals surface area contributed by atoms with Crippen molar-refractivity contribution >= 4 is 16.9 Å². The molecule has 1 amide bonds. The van der Waals surface area contributed by atoms with Crippen molar-refractivity contribution in [2.24, 2.45) is 20.0 Å². The maximum Gasteiger partial charge on any atom is 0.332 e. The van der Waals surface area contributed by atoms with Gasteiger partial charge in [-0.1, -0.05) is 29.8 Å². The zero-order valence-electron chi connectivity index (χ0n) is 19.7. The molecule has 1 aromatic carbocycles. The van der Waals surface area contributed by atoms with Crippen LogP contribution >= 0.6 is 0 Å². The molecule has 0 spiro atoms. The van der Waals surface area contributed by atoms with Crippen molar-refractivity contribution in [3.05, 3.63) is 73.6 Å². The Bertz CT molecular complexity index is 1300. The molecule has 0 saturated carbocycles. The Labute approximate surface area is 192 Å². The number of aryl methyl sites for hydroxylation is 3. The zero-order valence-corrected chi connectivity index (χ0v) is 19.7. The molecule has 0 bridgehead atoms. The fourth-order valence-corrected chi connectivity index (χ4v) is 4.49. The molecule has 0 aliphatic carbocycles. The number of piperidine rings is 1. The summed E-state index contributed by atoms with van der Waals surface area (Å²) in [5.41, 5.74) is 2.71. The van der Waals surface area contributed by atoms with Crippen LogP contribution in [0.3, 0.4) is 0 Å². The quantitative estimate of drug-likeness (QED) is 0.643. The summed E-state index contributed by atoms with van der Waals surface area (Å²) < 4.78 is 2.32. The molecule has 2 aromatic heterocycles. The number of rotatable bonds is 5. The van der Waals surface area contributed by atoms with Gasteiger partial charge in [0.2, 0.25) is 0 Å². The Hall–Kier alpha value is -3.26. The van der Waals surface area contributed by atoms with Gasteiger partial charge in [0.05, 0.1) is 10.9 Å². The van der Waals surface area contributed by atoms with E-state index >= 15 is 0 Å². The van der Waals surface area contributed by atoms with Crippen LogP contribution in [-0.4, -0.2) is 44.6 Å². The molecule has 0 unspecified atom stereocenters. The Morgan fingerprint density at radius 3 is 2.39 bits per heavy atom. The van der Waals surface area contributed by atoms with E-state index in [-0.39, 0.29) is 22.5 Å². The minimum absolute atomic E-state index is 0.176. The molecule has 1 N–H and O–H groups in total. The lowest BCUT2D eigenvalue weighted by Gasteiger charge is -2.32. The number of aromatic nitrogens is 3. The lowest BCUT2D eigenvalue weighted by molar-refractivity contribution is 0.0936. The summed E-state index contributed by atoms with van der Waals surface area (Å²) in [5, 5.41) is 3.20. The maximum absolute atomic E-state index is 13.1. The monoisotopic (exact) mass is 449 g/mol. The van der Waals surface area contributed by atoms with E-state index in [4.69, 9.17) is 0 Å². The molecule has 8 heteroatoms. The summed E-state index contributed by atoms with van der Waals surface area (Å²) in [4.78, 5) is 44.9. The number of fused-ring (bicyclic) bond motifs is 1. The van der Waals surface area contributed by atoms with Gasteiger partial charge < -0.3 is 5.32 Å². The van der Waals surface area contributed by atoms with Gasteiger partial charge in [-0.2, -0.15) is 0 Å². The van der Waals surface area contributed by atoms with Crippen molar-refractivity contribution in [1.82, 2.24) is 24.3 Å². The summed E-state index contributed by atoms with van der Waals surface area (Å²) >= 11 is 0. The third kappa shape index (κ3) is 4.75. The van der Waals surface area contributed by atoms with E-state index in [2.05, 4.69) is 46.4 Å². The lowest BCUT2D eigenvalue weighted by Crippen LogP contribution is -2.40. The standard InChI is InChI=1S/C25H31N5O3/c1-16-5-7-19(8-6-16)15-30-11-9-18(10-12-30)14-26-23(31)20-13-17(2)27-22-21(20)24(32)29(4)25(33)28(22)3/h5-8,13,18H,9-12,14-15H2,1-4H3,(H,26,31). The van der Waals surface area contributed by atoms with Crippen LogP contribution in [0.15, 0.2) is 39.9 Å². The molecule has 1 saturated heterocycles. The Morgan fingerprint density at radius 1 is 1.06 bits per heavy atom. The third-order valence-corrected chi connectivity index (χ3v) is 6.57. The van der Waals surface area contributed by atoms with Crippen LogP contribution in [-0.2, 0) is 20.6 Å². The summed E-state index contributed by atoms with van der Waals surface area (Å²) in [6.07, 6.45) is 2.02. The molecule has 33 heavy (non-hydrogen) atoms. The first-order chi connectivity index (χ1) is 15.7. The Morgan fingerprint density at radius 2 is 1.73 bits per heavy atom. The van der Waals surface area contributed by atoms with Gasteiger partial charge in [-0.25, -0.2) is 9.78 Å². The molecule has 1 aliphatic rings. The average molecular weight is 450 g/mol. The number of hydrogen-bond acceptors (Lipinski definition) is 5. The van der Waals surface area contributed by atoms with Crippen LogP contribution < -0.4 is 16.6 Å². The van der Waals surface area contributed by atoms with Crippen molar-refractivity contribution in [3.8, 4) is 0 Å². The van der Waals surface area contributed by atoms with Crippen molar-refractivity contribution in [3.63, 3.8) is 0 Å². The van der Waals surface area contributed by atoms with Crippen LogP contribution in [0.1, 0.15) is 40.0 Å². The number of nitrogens with zero attached hydrogens (tertiary/aromatic N) is 4. The normalized spacial score (nSPS) is 15.2. The number of amides is 1. The highest BCUT2D eigenvalue weighted by atomic mass is 16.2. The molecule has 3 heterocycles. The van der Waals surface area contributed by atoms with Crippen molar-refractivity contribution in [2.45, 2.75) is 33.2 Å². The lowest BCUT2D eigenvalue weighted by atomic mass is 9.96. The molecule has 1 fully saturated rings. The van der Waals surface area contributed by atoms with Gasteiger partial charge in [0, 0.05) is 32.9 Å². The first kappa shape index (κ1) is 22.9. The molecule has 1 aliphatic heterocycles. The summed E-state index contributed by atoms with van der Waals surface area (Å²) in [6.45, 7) is 7.35. The second-order valence-corrected chi connectivity index (χ2v) is 9.13. The SMILES string of the molecule is Cc1ccc(CN2CCC(CNC(=O)c3cc(C)nc4c3c(=O)n(C)c(=O)n4C)CC2)cc1. The van der Waals surface area contributed by atoms with Gasteiger partial charge in [0.25, 0.3) is 11.5 Å². The van der Waals surface area contributed by atoms with Crippen LogP contribution in [0.25, 0.3) is 11.0 Å². The predicted octanol–water partition coefficient (Wildman–Crippen LogP) is 1.89. The van der Waals surface area contributed by atoms with Gasteiger partial charge in [-0.05, 0) is 57.3 Å².